The number of aryl methyl sites for hydroxylation is 1. The molecule has 1 aromatic rings. The van der Waals surface area contributed by atoms with Crippen LogP contribution in [0.2, 0.25) is 0 Å². The zero-order valence-corrected chi connectivity index (χ0v) is 9.29. The molecule has 0 heterocycles. The molecule has 0 fully saturated rings. The van der Waals surface area contributed by atoms with Gasteiger partial charge >= 0.3 is 0 Å². The number of anilines is 1. The molecule has 0 saturated heterocycles. The van der Waals surface area contributed by atoms with Crippen molar-refractivity contribution in [3.63, 3.8) is 0 Å². The molecular formula is C13H17NO. The van der Waals surface area contributed by atoms with Crippen LogP contribution in [0.15, 0.2) is 36.0 Å². The van der Waals surface area contributed by atoms with Gasteiger partial charge in [-0.15, -0.1) is 0 Å². The third-order valence-corrected chi connectivity index (χ3v) is 2.32. The average Bonchev–Trinajstić information content (AvgIpc) is 2.26. The lowest BCUT2D eigenvalue weighted by molar-refractivity contribution is -0.107. The molecule has 0 aromatic heterocycles. The average molecular weight is 203 g/mol. The van der Waals surface area contributed by atoms with Crippen LogP contribution in [-0.2, 0) is 4.79 Å². The Morgan fingerprint density at radius 1 is 1.40 bits per heavy atom. The maximum absolute atomic E-state index is 10.3. The van der Waals surface area contributed by atoms with Crippen LogP contribution in [-0.4, -0.2) is 6.29 Å². The first-order valence-electron chi connectivity index (χ1n) is 5.19. The number of nitrogens with one attached hydrogen (secondary N) is 1. The molecule has 0 aliphatic rings. The first-order valence-corrected chi connectivity index (χ1v) is 5.19. The third-order valence-electron chi connectivity index (χ3n) is 2.32. The maximum atomic E-state index is 10.3. The first-order chi connectivity index (χ1) is 7.27. The molecule has 0 aliphatic heterocycles. The second-order valence-electron chi connectivity index (χ2n) is 3.46. The van der Waals surface area contributed by atoms with Crippen LogP contribution in [0.1, 0.15) is 25.3 Å². The molecule has 2 heteroatoms. The van der Waals surface area contributed by atoms with E-state index in [1.165, 1.54) is 5.56 Å². The number of carbonyl (C=O) groups excluding carboxylic acids is 1. The molecule has 1 aromatic carbocycles. The van der Waals surface area contributed by atoms with Crippen molar-refractivity contribution in [2.45, 2.75) is 26.7 Å². The highest BCUT2D eigenvalue weighted by atomic mass is 16.1. The van der Waals surface area contributed by atoms with Crippen molar-refractivity contribution in [1.29, 1.82) is 0 Å². The smallest absolute Gasteiger partial charge is 0.120 e. The molecule has 0 aliphatic carbocycles. The van der Waals surface area contributed by atoms with E-state index in [9.17, 15) is 4.79 Å². The molecular weight excluding hydrogens is 186 g/mol. The fourth-order valence-electron chi connectivity index (χ4n) is 1.38. The van der Waals surface area contributed by atoms with Crippen molar-refractivity contribution < 1.29 is 4.79 Å². The minimum Gasteiger partial charge on any atom is -0.359 e. The molecule has 0 amide bonds. The Balaban J connectivity index is 2.67. The van der Waals surface area contributed by atoms with Crippen molar-refractivity contribution >= 4 is 12.0 Å². The highest BCUT2D eigenvalue weighted by molar-refractivity contribution is 5.55. The van der Waals surface area contributed by atoms with Gasteiger partial charge in [0.25, 0.3) is 0 Å². The first kappa shape index (κ1) is 11.5. The summed E-state index contributed by atoms with van der Waals surface area (Å²) in [4.78, 5) is 10.3. The van der Waals surface area contributed by atoms with E-state index in [2.05, 4.69) is 18.3 Å². The summed E-state index contributed by atoms with van der Waals surface area (Å²) in [7, 11) is 0. The number of rotatable bonds is 5. The van der Waals surface area contributed by atoms with Crippen LogP contribution >= 0.6 is 0 Å². The van der Waals surface area contributed by atoms with Crippen LogP contribution in [0.5, 0.6) is 0 Å². The Kier molecular flexibility index (Phi) is 4.61. The van der Waals surface area contributed by atoms with E-state index in [-0.39, 0.29) is 0 Å². The monoisotopic (exact) mass is 203 g/mol. The minimum absolute atomic E-state index is 0.568. The number of benzene rings is 1. The fourth-order valence-corrected chi connectivity index (χ4v) is 1.38. The predicted octanol–water partition coefficient (Wildman–Crippen LogP) is 3.29. The minimum atomic E-state index is 0.568. The topological polar surface area (TPSA) is 29.1 Å². The quantitative estimate of drug-likeness (QED) is 0.744. The Bertz CT molecular complexity index is 355. The summed E-state index contributed by atoms with van der Waals surface area (Å²) < 4.78 is 0. The molecule has 1 N–H and O–H groups in total. The zero-order chi connectivity index (χ0) is 11.1. The zero-order valence-electron chi connectivity index (χ0n) is 9.29. The standard InChI is InChI=1S/C13H17NO/c1-3-12(8-6-10-15)14-13-9-5-4-7-11(13)2/h3-5,7,9-10,14H,6,8H2,1-2H3/b12-3-. The van der Waals surface area contributed by atoms with E-state index >= 15 is 0 Å². The SMILES string of the molecule is C/C=C(/CCC=O)Nc1ccccc1C. The molecule has 0 atom stereocenters. The van der Waals surface area contributed by atoms with E-state index in [0.29, 0.717) is 6.42 Å². The van der Waals surface area contributed by atoms with Gasteiger partial charge in [0.05, 0.1) is 0 Å². The van der Waals surface area contributed by atoms with Gasteiger partial charge in [-0.3, -0.25) is 0 Å². The summed E-state index contributed by atoms with van der Waals surface area (Å²) in [5, 5.41) is 3.33. The molecule has 0 unspecified atom stereocenters. The number of aldehydes is 1. The van der Waals surface area contributed by atoms with E-state index in [4.69, 9.17) is 0 Å². The normalized spacial score (nSPS) is 11.2. The summed E-state index contributed by atoms with van der Waals surface area (Å²) in [5.74, 6) is 0. The lowest BCUT2D eigenvalue weighted by atomic mass is 10.1. The Hall–Kier alpha value is -1.57. The Morgan fingerprint density at radius 2 is 2.13 bits per heavy atom. The van der Waals surface area contributed by atoms with E-state index < -0.39 is 0 Å². The Labute approximate surface area is 91.0 Å². The molecule has 0 bridgehead atoms. The van der Waals surface area contributed by atoms with Crippen LogP contribution in [0.3, 0.4) is 0 Å². The second-order valence-corrected chi connectivity index (χ2v) is 3.46. The summed E-state index contributed by atoms with van der Waals surface area (Å²) in [6, 6.07) is 8.12. The van der Waals surface area contributed by atoms with Gasteiger partial charge in [-0.1, -0.05) is 24.3 Å². The van der Waals surface area contributed by atoms with Gasteiger partial charge in [0.1, 0.15) is 6.29 Å². The lowest BCUT2D eigenvalue weighted by Crippen LogP contribution is -2.01. The number of para-hydroxylation sites is 1. The van der Waals surface area contributed by atoms with Crippen molar-refractivity contribution in [3.05, 3.63) is 41.6 Å². The van der Waals surface area contributed by atoms with Gasteiger partial charge in [-0.2, -0.15) is 0 Å². The van der Waals surface area contributed by atoms with Gasteiger partial charge in [0, 0.05) is 17.8 Å². The van der Waals surface area contributed by atoms with Gasteiger partial charge in [0.2, 0.25) is 0 Å². The molecule has 0 radical (unpaired) electrons. The van der Waals surface area contributed by atoms with Crippen LogP contribution in [0, 0.1) is 6.92 Å². The highest BCUT2D eigenvalue weighted by Crippen LogP contribution is 2.17. The molecule has 0 saturated carbocycles. The summed E-state index contributed by atoms with van der Waals surface area (Å²) in [6.07, 6.45) is 4.30. The third kappa shape index (κ3) is 3.58. The summed E-state index contributed by atoms with van der Waals surface area (Å²) in [5.41, 5.74) is 3.41. The van der Waals surface area contributed by atoms with Gasteiger partial charge < -0.3 is 10.1 Å². The van der Waals surface area contributed by atoms with E-state index in [1.54, 1.807) is 0 Å². The molecule has 15 heavy (non-hydrogen) atoms. The summed E-state index contributed by atoms with van der Waals surface area (Å²) >= 11 is 0. The molecule has 80 valence electrons. The number of hydrogen-bond donors (Lipinski definition) is 1. The molecule has 1 rings (SSSR count). The number of carbonyl (C=O) groups is 1. The highest BCUT2D eigenvalue weighted by Gasteiger charge is 1.99. The van der Waals surface area contributed by atoms with E-state index in [1.807, 2.05) is 31.2 Å². The summed E-state index contributed by atoms with van der Waals surface area (Å²) in [6.45, 7) is 4.04. The molecule has 0 spiro atoms. The fraction of sp³-hybridized carbons (Fsp3) is 0.308. The van der Waals surface area contributed by atoms with Gasteiger partial charge in [-0.05, 0) is 31.9 Å². The predicted molar refractivity (Wildman–Crippen MR) is 63.9 cm³/mol. The largest absolute Gasteiger partial charge is 0.359 e. The lowest BCUT2D eigenvalue weighted by Gasteiger charge is -2.11. The van der Waals surface area contributed by atoms with Crippen molar-refractivity contribution in [3.8, 4) is 0 Å². The Morgan fingerprint density at radius 3 is 2.73 bits per heavy atom. The van der Waals surface area contributed by atoms with Gasteiger partial charge in [0.15, 0.2) is 0 Å². The maximum Gasteiger partial charge on any atom is 0.120 e. The van der Waals surface area contributed by atoms with Crippen molar-refractivity contribution in [2.24, 2.45) is 0 Å². The number of allylic oxidation sites excluding steroid dienone is 2. The van der Waals surface area contributed by atoms with Crippen molar-refractivity contribution in [2.75, 3.05) is 5.32 Å². The number of hydrogen-bond acceptors (Lipinski definition) is 2. The van der Waals surface area contributed by atoms with Crippen LogP contribution < -0.4 is 5.32 Å². The van der Waals surface area contributed by atoms with Gasteiger partial charge in [-0.25, -0.2) is 0 Å². The van der Waals surface area contributed by atoms with Crippen LogP contribution in [0.4, 0.5) is 5.69 Å². The van der Waals surface area contributed by atoms with Crippen molar-refractivity contribution in [1.82, 2.24) is 0 Å². The molecule has 2 nitrogen and oxygen atoms in total. The van der Waals surface area contributed by atoms with Crippen LogP contribution in [0.25, 0.3) is 0 Å². The second kappa shape index (κ2) is 6.02. The van der Waals surface area contributed by atoms with E-state index in [0.717, 1.165) is 24.1 Å².